The molecule has 11 heteroatoms. The van der Waals surface area contributed by atoms with Crippen LogP contribution in [0.4, 0.5) is 11.6 Å². The molecule has 2 aromatic carbocycles. The number of sulfonamides is 1. The molecule has 1 fully saturated rings. The minimum atomic E-state index is -3.93. The number of para-hydroxylation sites is 2. The molecule has 4 aromatic rings. The van der Waals surface area contributed by atoms with E-state index >= 15 is 0 Å². The Morgan fingerprint density at radius 3 is 2.24 bits per heavy atom. The summed E-state index contributed by atoms with van der Waals surface area (Å²) in [5.41, 5.74) is 1.20. The molecular formula is C23H20ClN5O4S. The molecular weight excluding hydrogens is 478 g/mol. The van der Waals surface area contributed by atoms with Crippen molar-refractivity contribution in [3.63, 3.8) is 0 Å². The second-order valence-electron chi connectivity index (χ2n) is 7.70. The third-order valence-electron chi connectivity index (χ3n) is 5.51. The van der Waals surface area contributed by atoms with Crippen molar-refractivity contribution in [2.45, 2.75) is 4.90 Å². The van der Waals surface area contributed by atoms with E-state index in [1.54, 1.807) is 23.1 Å². The second-order valence-corrected chi connectivity index (χ2v) is 9.82. The van der Waals surface area contributed by atoms with Crippen molar-refractivity contribution in [1.82, 2.24) is 14.9 Å². The van der Waals surface area contributed by atoms with E-state index in [0.717, 1.165) is 0 Å². The molecule has 5 rings (SSSR count). The maximum atomic E-state index is 13.1. The van der Waals surface area contributed by atoms with Gasteiger partial charge in [0.25, 0.3) is 15.9 Å². The lowest BCUT2D eigenvalue weighted by molar-refractivity contribution is 0.0714. The van der Waals surface area contributed by atoms with Crippen LogP contribution in [0, 0.1) is 0 Å². The van der Waals surface area contributed by atoms with Crippen LogP contribution in [-0.4, -0.2) is 55.4 Å². The van der Waals surface area contributed by atoms with Gasteiger partial charge in [-0.15, -0.1) is 0 Å². The third-order valence-corrected chi connectivity index (χ3v) is 7.11. The topological polar surface area (TPSA) is 109 Å². The average molecular weight is 498 g/mol. The van der Waals surface area contributed by atoms with E-state index in [1.165, 1.54) is 30.5 Å². The van der Waals surface area contributed by atoms with Gasteiger partial charge in [-0.25, -0.2) is 18.4 Å². The standard InChI is InChI=1S/C23H20ClN5O4S/c24-16-7-9-17(10-8-16)34(31,32)27-21-22(26-19-5-2-1-4-18(19)25-21)28-11-13-29(14-12-28)23(30)20-6-3-15-33-20/h1-10,15H,11-14H2,(H,25,27). The number of hydrogen-bond donors (Lipinski definition) is 1. The Balaban J connectivity index is 1.44. The smallest absolute Gasteiger partial charge is 0.289 e. The monoisotopic (exact) mass is 497 g/mol. The first-order valence-corrected chi connectivity index (χ1v) is 12.4. The van der Waals surface area contributed by atoms with Crippen molar-refractivity contribution in [3.05, 3.63) is 77.7 Å². The molecule has 1 amide bonds. The first-order chi connectivity index (χ1) is 16.4. The van der Waals surface area contributed by atoms with Crippen LogP contribution in [0.1, 0.15) is 10.6 Å². The summed E-state index contributed by atoms with van der Waals surface area (Å²) in [6, 6.07) is 16.4. The van der Waals surface area contributed by atoms with Gasteiger partial charge < -0.3 is 14.2 Å². The number of hydrogen-bond acceptors (Lipinski definition) is 7. The Labute approximate surface area is 201 Å². The average Bonchev–Trinajstić information content (AvgIpc) is 3.38. The van der Waals surface area contributed by atoms with Gasteiger partial charge in [0.05, 0.1) is 22.2 Å². The zero-order valence-corrected chi connectivity index (χ0v) is 19.5. The van der Waals surface area contributed by atoms with E-state index < -0.39 is 10.0 Å². The predicted molar refractivity (Wildman–Crippen MR) is 129 cm³/mol. The molecule has 0 atom stereocenters. The summed E-state index contributed by atoms with van der Waals surface area (Å²) >= 11 is 5.90. The van der Waals surface area contributed by atoms with Gasteiger partial charge in [-0.05, 0) is 48.5 Å². The van der Waals surface area contributed by atoms with Crippen molar-refractivity contribution in [2.24, 2.45) is 0 Å². The molecule has 0 bridgehead atoms. The number of furan rings is 1. The molecule has 2 aromatic heterocycles. The van der Waals surface area contributed by atoms with Crippen molar-refractivity contribution in [1.29, 1.82) is 0 Å². The Morgan fingerprint density at radius 1 is 0.912 bits per heavy atom. The van der Waals surface area contributed by atoms with Gasteiger partial charge >= 0.3 is 0 Å². The van der Waals surface area contributed by atoms with Crippen LogP contribution in [-0.2, 0) is 10.0 Å². The van der Waals surface area contributed by atoms with Gasteiger partial charge in [0, 0.05) is 31.2 Å². The van der Waals surface area contributed by atoms with Gasteiger partial charge in [0.15, 0.2) is 17.4 Å². The minimum Gasteiger partial charge on any atom is -0.459 e. The van der Waals surface area contributed by atoms with Crippen LogP contribution in [0.5, 0.6) is 0 Å². The van der Waals surface area contributed by atoms with E-state index in [-0.39, 0.29) is 22.4 Å². The fourth-order valence-electron chi connectivity index (χ4n) is 3.76. The van der Waals surface area contributed by atoms with Gasteiger partial charge in [0.2, 0.25) is 0 Å². The molecule has 1 saturated heterocycles. The number of aromatic nitrogens is 2. The number of nitrogens with zero attached hydrogens (tertiary/aromatic N) is 4. The molecule has 1 aliphatic heterocycles. The molecule has 1 aliphatic rings. The van der Waals surface area contributed by atoms with Crippen LogP contribution in [0.15, 0.2) is 76.2 Å². The zero-order chi connectivity index (χ0) is 23.7. The Morgan fingerprint density at radius 2 is 1.59 bits per heavy atom. The largest absolute Gasteiger partial charge is 0.459 e. The molecule has 174 valence electrons. The molecule has 0 aliphatic carbocycles. The van der Waals surface area contributed by atoms with Crippen molar-refractivity contribution >= 4 is 50.2 Å². The van der Waals surface area contributed by atoms with Crippen LogP contribution >= 0.6 is 11.6 Å². The number of nitrogens with one attached hydrogen (secondary N) is 1. The predicted octanol–water partition coefficient (Wildman–Crippen LogP) is 3.64. The zero-order valence-electron chi connectivity index (χ0n) is 17.9. The molecule has 0 radical (unpaired) electrons. The Hall–Kier alpha value is -3.63. The van der Waals surface area contributed by atoms with E-state index in [0.29, 0.717) is 48.1 Å². The van der Waals surface area contributed by atoms with E-state index in [1.807, 2.05) is 23.1 Å². The first kappa shape index (κ1) is 22.2. The van der Waals surface area contributed by atoms with E-state index in [9.17, 15) is 13.2 Å². The highest BCUT2D eigenvalue weighted by Gasteiger charge is 2.27. The lowest BCUT2D eigenvalue weighted by atomic mass is 10.2. The lowest BCUT2D eigenvalue weighted by Gasteiger charge is -2.35. The van der Waals surface area contributed by atoms with E-state index in [4.69, 9.17) is 21.0 Å². The van der Waals surface area contributed by atoms with Crippen LogP contribution in [0.25, 0.3) is 11.0 Å². The maximum absolute atomic E-state index is 13.1. The number of rotatable bonds is 5. The Bertz CT molecular complexity index is 1430. The number of carbonyl (C=O) groups excluding carboxylic acids is 1. The summed E-state index contributed by atoms with van der Waals surface area (Å²) in [6.45, 7) is 1.76. The normalized spacial score (nSPS) is 14.4. The van der Waals surface area contributed by atoms with Crippen molar-refractivity contribution in [3.8, 4) is 0 Å². The fourth-order valence-corrected chi connectivity index (χ4v) is 4.89. The highest BCUT2D eigenvalue weighted by atomic mass is 35.5. The van der Waals surface area contributed by atoms with Crippen LogP contribution < -0.4 is 9.62 Å². The minimum absolute atomic E-state index is 0.0617. The molecule has 0 unspecified atom stereocenters. The summed E-state index contributed by atoms with van der Waals surface area (Å²) < 4.78 is 33.9. The summed E-state index contributed by atoms with van der Waals surface area (Å²) in [4.78, 5) is 25.5. The summed E-state index contributed by atoms with van der Waals surface area (Å²) in [6.07, 6.45) is 1.47. The molecule has 1 N–H and O–H groups in total. The third kappa shape index (κ3) is 4.42. The van der Waals surface area contributed by atoms with Crippen LogP contribution in [0.3, 0.4) is 0 Å². The number of piperazine rings is 1. The number of anilines is 2. The quantitative estimate of drug-likeness (QED) is 0.448. The second kappa shape index (κ2) is 8.96. The number of fused-ring (bicyclic) bond motifs is 1. The number of halogens is 1. The van der Waals surface area contributed by atoms with Gasteiger partial charge in [-0.1, -0.05) is 23.7 Å². The van der Waals surface area contributed by atoms with Crippen molar-refractivity contribution < 1.29 is 17.6 Å². The first-order valence-electron chi connectivity index (χ1n) is 10.5. The Kier molecular flexibility index (Phi) is 5.84. The fraction of sp³-hybridized carbons (Fsp3) is 0.174. The number of carbonyl (C=O) groups is 1. The summed E-state index contributed by atoms with van der Waals surface area (Å²) in [5, 5.41) is 0.437. The van der Waals surface area contributed by atoms with Gasteiger partial charge in [0.1, 0.15) is 0 Å². The molecule has 0 spiro atoms. The summed E-state index contributed by atoms with van der Waals surface area (Å²) in [5.74, 6) is 0.633. The van der Waals surface area contributed by atoms with Crippen LogP contribution in [0.2, 0.25) is 5.02 Å². The molecule has 0 saturated carbocycles. The lowest BCUT2D eigenvalue weighted by Crippen LogP contribution is -2.49. The highest BCUT2D eigenvalue weighted by Crippen LogP contribution is 2.28. The van der Waals surface area contributed by atoms with Crippen molar-refractivity contribution in [2.75, 3.05) is 35.8 Å². The highest BCUT2D eigenvalue weighted by molar-refractivity contribution is 7.92. The number of amides is 1. The van der Waals surface area contributed by atoms with E-state index in [2.05, 4.69) is 9.71 Å². The molecule has 34 heavy (non-hydrogen) atoms. The molecule has 3 heterocycles. The maximum Gasteiger partial charge on any atom is 0.289 e. The SMILES string of the molecule is O=C(c1ccco1)N1CCN(c2nc3ccccc3nc2NS(=O)(=O)c2ccc(Cl)cc2)CC1. The number of benzene rings is 2. The van der Waals surface area contributed by atoms with Gasteiger partial charge in [-0.2, -0.15) is 0 Å². The molecule has 9 nitrogen and oxygen atoms in total. The van der Waals surface area contributed by atoms with Gasteiger partial charge in [-0.3, -0.25) is 9.52 Å². The summed E-state index contributed by atoms with van der Waals surface area (Å²) in [7, 11) is -3.93.